The molecule has 3 nitrogen and oxygen atoms in total. The van der Waals surface area contributed by atoms with Crippen molar-refractivity contribution < 1.29 is 9.47 Å². The molecule has 0 saturated carbocycles. The molecule has 0 aliphatic rings. The fraction of sp³-hybridized carbons (Fsp3) is 0.600. The molecule has 0 heterocycles. The molecule has 114 valence electrons. The first kappa shape index (κ1) is 17.7. The van der Waals surface area contributed by atoms with E-state index in [9.17, 15) is 0 Å². The summed E-state index contributed by atoms with van der Waals surface area (Å²) in [5.41, 5.74) is 1.08. The summed E-state index contributed by atoms with van der Waals surface area (Å²) in [5.74, 6) is 0. The van der Waals surface area contributed by atoms with Gasteiger partial charge in [0, 0.05) is 23.2 Å². The van der Waals surface area contributed by atoms with Crippen molar-refractivity contribution in [2.24, 2.45) is 0 Å². The van der Waals surface area contributed by atoms with Crippen LogP contribution >= 0.6 is 23.2 Å². The van der Waals surface area contributed by atoms with Crippen LogP contribution in [0.1, 0.15) is 18.9 Å². The van der Waals surface area contributed by atoms with E-state index < -0.39 is 0 Å². The zero-order valence-corrected chi connectivity index (χ0v) is 13.6. The molecule has 0 amide bonds. The molecular weight excluding hydrogens is 297 g/mol. The fourth-order valence-electron chi connectivity index (χ4n) is 1.86. The van der Waals surface area contributed by atoms with E-state index in [4.69, 9.17) is 32.7 Å². The summed E-state index contributed by atoms with van der Waals surface area (Å²) in [4.78, 5) is 0. The summed E-state index contributed by atoms with van der Waals surface area (Å²) in [6.45, 7) is 4.97. The molecule has 1 aromatic carbocycles. The maximum Gasteiger partial charge on any atom is 0.0701 e. The lowest BCUT2D eigenvalue weighted by Gasteiger charge is -2.19. The first-order valence-electron chi connectivity index (χ1n) is 6.91. The average Bonchev–Trinajstić information content (AvgIpc) is 2.43. The monoisotopic (exact) mass is 319 g/mol. The van der Waals surface area contributed by atoms with Crippen LogP contribution in [0.4, 0.5) is 0 Å². The highest BCUT2D eigenvalue weighted by Crippen LogP contribution is 2.22. The Labute approximate surface area is 131 Å². The first-order valence-corrected chi connectivity index (χ1v) is 7.67. The second kappa shape index (κ2) is 10.4. The standard InChI is InChI=1S/C15H23Cl2NO2/c1-3-6-18-14(11-20-8-7-19-2)9-12-4-5-13(16)10-15(12)17/h4-5,10,14,18H,3,6-9,11H2,1-2H3. The normalized spacial score (nSPS) is 12.6. The number of ether oxygens (including phenoxy) is 2. The van der Waals surface area contributed by atoms with Crippen LogP contribution in [-0.4, -0.2) is 39.5 Å². The third-order valence-corrected chi connectivity index (χ3v) is 3.50. The predicted molar refractivity (Wildman–Crippen MR) is 84.9 cm³/mol. The maximum absolute atomic E-state index is 6.22. The molecular formula is C15H23Cl2NO2. The number of hydrogen-bond acceptors (Lipinski definition) is 3. The van der Waals surface area contributed by atoms with Crippen LogP contribution < -0.4 is 5.32 Å². The Bertz CT molecular complexity index is 388. The SMILES string of the molecule is CCCNC(COCCOC)Cc1ccc(Cl)cc1Cl. The Balaban J connectivity index is 2.53. The Morgan fingerprint density at radius 1 is 1.25 bits per heavy atom. The van der Waals surface area contributed by atoms with Crippen LogP contribution in [0.2, 0.25) is 10.0 Å². The number of rotatable bonds is 10. The van der Waals surface area contributed by atoms with Gasteiger partial charge < -0.3 is 14.8 Å². The predicted octanol–water partition coefficient (Wildman–Crippen LogP) is 3.57. The zero-order chi connectivity index (χ0) is 14.8. The number of benzene rings is 1. The number of halogens is 2. The molecule has 0 aliphatic heterocycles. The summed E-state index contributed by atoms with van der Waals surface area (Å²) in [6.07, 6.45) is 1.91. The molecule has 5 heteroatoms. The molecule has 0 spiro atoms. The number of nitrogens with one attached hydrogen (secondary N) is 1. The van der Waals surface area contributed by atoms with Crippen LogP contribution in [0, 0.1) is 0 Å². The fourth-order valence-corrected chi connectivity index (χ4v) is 2.34. The second-order valence-electron chi connectivity index (χ2n) is 4.66. The average molecular weight is 320 g/mol. The van der Waals surface area contributed by atoms with Gasteiger partial charge in [0.1, 0.15) is 0 Å². The van der Waals surface area contributed by atoms with Gasteiger partial charge in [-0.05, 0) is 37.1 Å². The van der Waals surface area contributed by atoms with Crippen molar-refractivity contribution in [3.8, 4) is 0 Å². The lowest BCUT2D eigenvalue weighted by Crippen LogP contribution is -2.36. The smallest absolute Gasteiger partial charge is 0.0701 e. The van der Waals surface area contributed by atoms with Gasteiger partial charge in [-0.25, -0.2) is 0 Å². The van der Waals surface area contributed by atoms with Crippen LogP contribution in [0.15, 0.2) is 18.2 Å². The lowest BCUT2D eigenvalue weighted by atomic mass is 10.1. The van der Waals surface area contributed by atoms with E-state index in [0.29, 0.717) is 29.9 Å². The van der Waals surface area contributed by atoms with Gasteiger partial charge in [0.25, 0.3) is 0 Å². The minimum atomic E-state index is 0.241. The molecule has 0 aromatic heterocycles. The van der Waals surface area contributed by atoms with Gasteiger partial charge in [0.15, 0.2) is 0 Å². The Morgan fingerprint density at radius 3 is 2.70 bits per heavy atom. The van der Waals surface area contributed by atoms with Gasteiger partial charge in [0.05, 0.1) is 19.8 Å². The molecule has 1 N–H and O–H groups in total. The summed E-state index contributed by atoms with van der Waals surface area (Å²) in [6, 6.07) is 5.86. The minimum Gasteiger partial charge on any atom is -0.382 e. The van der Waals surface area contributed by atoms with Gasteiger partial charge in [-0.2, -0.15) is 0 Å². The van der Waals surface area contributed by atoms with Crippen molar-refractivity contribution in [2.45, 2.75) is 25.8 Å². The van der Waals surface area contributed by atoms with Gasteiger partial charge >= 0.3 is 0 Å². The summed E-state index contributed by atoms with van der Waals surface area (Å²) in [7, 11) is 1.67. The quantitative estimate of drug-likeness (QED) is 0.669. The third-order valence-electron chi connectivity index (χ3n) is 2.92. The van der Waals surface area contributed by atoms with Gasteiger partial charge in [-0.1, -0.05) is 36.2 Å². The molecule has 1 rings (SSSR count). The Morgan fingerprint density at radius 2 is 2.05 bits per heavy atom. The van der Waals surface area contributed by atoms with Crippen molar-refractivity contribution in [2.75, 3.05) is 33.5 Å². The first-order chi connectivity index (χ1) is 9.67. The molecule has 0 radical (unpaired) electrons. The van der Waals surface area contributed by atoms with Crippen LogP contribution in [0.5, 0.6) is 0 Å². The van der Waals surface area contributed by atoms with Gasteiger partial charge in [-0.15, -0.1) is 0 Å². The topological polar surface area (TPSA) is 30.5 Å². The van der Waals surface area contributed by atoms with Gasteiger partial charge in [-0.3, -0.25) is 0 Å². The van der Waals surface area contributed by atoms with E-state index in [0.717, 1.165) is 24.9 Å². The van der Waals surface area contributed by atoms with Crippen LogP contribution in [-0.2, 0) is 15.9 Å². The highest BCUT2D eigenvalue weighted by Gasteiger charge is 2.11. The highest BCUT2D eigenvalue weighted by molar-refractivity contribution is 6.35. The van der Waals surface area contributed by atoms with Crippen LogP contribution in [0.3, 0.4) is 0 Å². The highest BCUT2D eigenvalue weighted by atomic mass is 35.5. The van der Waals surface area contributed by atoms with E-state index in [-0.39, 0.29) is 6.04 Å². The minimum absolute atomic E-state index is 0.241. The van der Waals surface area contributed by atoms with E-state index in [2.05, 4.69) is 12.2 Å². The van der Waals surface area contributed by atoms with E-state index in [1.807, 2.05) is 12.1 Å². The number of hydrogen-bond donors (Lipinski definition) is 1. The molecule has 0 fully saturated rings. The molecule has 0 bridgehead atoms. The van der Waals surface area contributed by atoms with Crippen molar-refractivity contribution >= 4 is 23.2 Å². The maximum atomic E-state index is 6.22. The van der Waals surface area contributed by atoms with Crippen molar-refractivity contribution in [1.29, 1.82) is 0 Å². The molecule has 0 saturated heterocycles. The van der Waals surface area contributed by atoms with Crippen molar-refractivity contribution in [3.63, 3.8) is 0 Å². The molecule has 1 unspecified atom stereocenters. The summed E-state index contributed by atoms with van der Waals surface area (Å²) < 4.78 is 10.6. The molecule has 1 atom stereocenters. The van der Waals surface area contributed by atoms with E-state index in [1.54, 1.807) is 13.2 Å². The second-order valence-corrected chi connectivity index (χ2v) is 5.50. The largest absolute Gasteiger partial charge is 0.382 e. The lowest BCUT2D eigenvalue weighted by molar-refractivity contribution is 0.0587. The zero-order valence-electron chi connectivity index (χ0n) is 12.1. The van der Waals surface area contributed by atoms with E-state index in [1.165, 1.54) is 0 Å². The number of methoxy groups -OCH3 is 1. The Hall–Kier alpha value is -0.320. The molecule has 1 aromatic rings. The van der Waals surface area contributed by atoms with E-state index >= 15 is 0 Å². The van der Waals surface area contributed by atoms with Crippen molar-refractivity contribution in [1.82, 2.24) is 5.32 Å². The molecule has 20 heavy (non-hydrogen) atoms. The van der Waals surface area contributed by atoms with Crippen molar-refractivity contribution in [3.05, 3.63) is 33.8 Å². The van der Waals surface area contributed by atoms with Crippen LogP contribution in [0.25, 0.3) is 0 Å². The summed E-state index contributed by atoms with van der Waals surface area (Å²) >= 11 is 12.1. The molecule has 0 aliphatic carbocycles. The Kier molecular flexibility index (Phi) is 9.23. The summed E-state index contributed by atoms with van der Waals surface area (Å²) in [5, 5.41) is 4.85. The van der Waals surface area contributed by atoms with Gasteiger partial charge in [0.2, 0.25) is 0 Å². The third kappa shape index (κ3) is 6.91.